The smallest absolute Gasteiger partial charge is 0.150 e. The molecule has 2 heteroatoms. The van der Waals surface area contributed by atoms with Gasteiger partial charge in [-0.15, -0.1) is 0 Å². The number of aryl methyl sites for hydroxylation is 1. The van der Waals surface area contributed by atoms with E-state index in [0.717, 1.165) is 28.5 Å². The molecule has 0 atom stereocenters. The second kappa shape index (κ2) is 3.50. The zero-order valence-electron chi connectivity index (χ0n) is 7.86. The number of hydrogen-bond acceptors (Lipinski definition) is 2. The summed E-state index contributed by atoms with van der Waals surface area (Å²) in [5.41, 5.74) is 3.82. The zero-order chi connectivity index (χ0) is 9.97. The summed E-state index contributed by atoms with van der Waals surface area (Å²) in [6, 6.07) is 7.62. The van der Waals surface area contributed by atoms with Crippen molar-refractivity contribution in [2.75, 3.05) is 0 Å². The molecule has 0 N–H and O–H groups in total. The van der Waals surface area contributed by atoms with Crippen molar-refractivity contribution in [1.29, 1.82) is 0 Å². The van der Waals surface area contributed by atoms with Crippen LogP contribution in [-0.4, -0.2) is 6.29 Å². The maximum absolute atomic E-state index is 10.6. The van der Waals surface area contributed by atoms with Gasteiger partial charge in [0, 0.05) is 11.1 Å². The molecule has 2 rings (SSSR count). The molecule has 0 fully saturated rings. The SMILES string of the molecule is Cc1cc(-c2ccoc2)ccc1C=O. The molecule has 0 aliphatic heterocycles. The van der Waals surface area contributed by atoms with Crippen LogP contribution in [0.4, 0.5) is 0 Å². The molecule has 1 aromatic heterocycles. The Bertz CT molecular complexity index is 441. The molecule has 0 aliphatic carbocycles. The Morgan fingerprint density at radius 1 is 1.21 bits per heavy atom. The quantitative estimate of drug-likeness (QED) is 0.674. The zero-order valence-corrected chi connectivity index (χ0v) is 7.86. The molecule has 0 radical (unpaired) electrons. The van der Waals surface area contributed by atoms with Gasteiger partial charge in [-0.3, -0.25) is 4.79 Å². The van der Waals surface area contributed by atoms with E-state index in [-0.39, 0.29) is 0 Å². The Kier molecular flexibility index (Phi) is 2.19. The fraction of sp³-hybridized carbons (Fsp3) is 0.0833. The van der Waals surface area contributed by atoms with Gasteiger partial charge in [0.05, 0.1) is 12.5 Å². The van der Waals surface area contributed by atoms with E-state index in [1.807, 2.05) is 31.2 Å². The fourth-order valence-corrected chi connectivity index (χ4v) is 1.42. The third-order valence-corrected chi connectivity index (χ3v) is 2.25. The topological polar surface area (TPSA) is 30.2 Å². The van der Waals surface area contributed by atoms with Gasteiger partial charge in [-0.2, -0.15) is 0 Å². The van der Waals surface area contributed by atoms with Crippen molar-refractivity contribution in [1.82, 2.24) is 0 Å². The van der Waals surface area contributed by atoms with Crippen molar-refractivity contribution in [3.8, 4) is 11.1 Å². The molecule has 1 heterocycles. The van der Waals surface area contributed by atoms with Crippen LogP contribution in [0.3, 0.4) is 0 Å². The minimum atomic E-state index is 0.734. The first-order chi connectivity index (χ1) is 6.81. The summed E-state index contributed by atoms with van der Waals surface area (Å²) < 4.78 is 5.00. The van der Waals surface area contributed by atoms with E-state index >= 15 is 0 Å². The van der Waals surface area contributed by atoms with Crippen molar-refractivity contribution in [3.63, 3.8) is 0 Å². The molecular weight excluding hydrogens is 176 g/mol. The molecule has 1 aromatic carbocycles. The lowest BCUT2D eigenvalue weighted by Crippen LogP contribution is -1.86. The average molecular weight is 186 g/mol. The van der Waals surface area contributed by atoms with Crippen molar-refractivity contribution < 1.29 is 9.21 Å². The molecule has 2 nitrogen and oxygen atoms in total. The first kappa shape index (κ1) is 8.75. The van der Waals surface area contributed by atoms with Gasteiger partial charge in [0.2, 0.25) is 0 Å². The summed E-state index contributed by atoms with van der Waals surface area (Å²) in [5, 5.41) is 0. The molecule has 70 valence electrons. The Morgan fingerprint density at radius 2 is 2.07 bits per heavy atom. The van der Waals surface area contributed by atoms with Gasteiger partial charge in [0.1, 0.15) is 6.29 Å². The van der Waals surface area contributed by atoms with Gasteiger partial charge in [0.15, 0.2) is 0 Å². The summed E-state index contributed by atoms with van der Waals surface area (Å²) >= 11 is 0. The van der Waals surface area contributed by atoms with Gasteiger partial charge in [-0.05, 0) is 24.1 Å². The lowest BCUT2D eigenvalue weighted by atomic mass is 10.0. The van der Waals surface area contributed by atoms with Crippen molar-refractivity contribution in [2.45, 2.75) is 6.92 Å². The molecule has 0 aliphatic rings. The number of benzene rings is 1. The number of hydrogen-bond donors (Lipinski definition) is 0. The normalized spacial score (nSPS) is 10.1. The van der Waals surface area contributed by atoms with Crippen LogP contribution < -0.4 is 0 Å². The van der Waals surface area contributed by atoms with Crippen LogP contribution in [0.15, 0.2) is 41.2 Å². The standard InChI is InChI=1S/C12H10O2/c1-9-6-10(2-3-11(9)7-13)12-4-5-14-8-12/h2-8H,1H3. The van der Waals surface area contributed by atoms with E-state index in [1.54, 1.807) is 12.5 Å². The highest BCUT2D eigenvalue weighted by atomic mass is 16.3. The van der Waals surface area contributed by atoms with E-state index in [0.29, 0.717) is 0 Å². The van der Waals surface area contributed by atoms with Gasteiger partial charge < -0.3 is 4.42 Å². The minimum Gasteiger partial charge on any atom is -0.472 e. The van der Waals surface area contributed by atoms with E-state index in [1.165, 1.54) is 0 Å². The highest BCUT2D eigenvalue weighted by Crippen LogP contribution is 2.21. The van der Waals surface area contributed by atoms with E-state index in [9.17, 15) is 4.79 Å². The van der Waals surface area contributed by atoms with Crippen LogP contribution in [0, 0.1) is 6.92 Å². The van der Waals surface area contributed by atoms with Crippen molar-refractivity contribution in [2.24, 2.45) is 0 Å². The minimum absolute atomic E-state index is 0.734. The predicted molar refractivity (Wildman–Crippen MR) is 54.3 cm³/mol. The Hall–Kier alpha value is -1.83. The summed E-state index contributed by atoms with van der Waals surface area (Å²) in [6.45, 7) is 1.92. The lowest BCUT2D eigenvalue weighted by Gasteiger charge is -2.01. The summed E-state index contributed by atoms with van der Waals surface area (Å²) in [4.78, 5) is 10.6. The van der Waals surface area contributed by atoms with Gasteiger partial charge in [-0.25, -0.2) is 0 Å². The Balaban J connectivity index is 2.48. The van der Waals surface area contributed by atoms with Crippen LogP contribution >= 0.6 is 0 Å². The highest BCUT2D eigenvalue weighted by molar-refractivity contribution is 5.79. The number of furan rings is 1. The van der Waals surface area contributed by atoms with Crippen LogP contribution in [-0.2, 0) is 0 Å². The van der Waals surface area contributed by atoms with Crippen LogP contribution in [0.5, 0.6) is 0 Å². The van der Waals surface area contributed by atoms with E-state index < -0.39 is 0 Å². The van der Waals surface area contributed by atoms with Crippen LogP contribution in [0.1, 0.15) is 15.9 Å². The largest absolute Gasteiger partial charge is 0.472 e. The second-order valence-electron chi connectivity index (χ2n) is 3.20. The average Bonchev–Trinajstić information content (AvgIpc) is 2.70. The second-order valence-corrected chi connectivity index (χ2v) is 3.20. The van der Waals surface area contributed by atoms with Crippen molar-refractivity contribution in [3.05, 3.63) is 47.9 Å². The molecule has 0 saturated heterocycles. The first-order valence-corrected chi connectivity index (χ1v) is 4.39. The van der Waals surface area contributed by atoms with Gasteiger partial charge in [-0.1, -0.05) is 18.2 Å². The lowest BCUT2D eigenvalue weighted by molar-refractivity contribution is 0.112. The number of rotatable bonds is 2. The fourth-order valence-electron chi connectivity index (χ4n) is 1.42. The number of aldehydes is 1. The first-order valence-electron chi connectivity index (χ1n) is 4.39. The molecule has 2 aromatic rings. The third kappa shape index (κ3) is 1.46. The monoisotopic (exact) mass is 186 g/mol. The Labute approximate surface area is 82.2 Å². The maximum atomic E-state index is 10.6. The number of carbonyl (C=O) groups excluding carboxylic acids is 1. The molecular formula is C12H10O2. The molecule has 0 unspecified atom stereocenters. The molecule has 0 amide bonds. The highest BCUT2D eigenvalue weighted by Gasteiger charge is 2.01. The van der Waals surface area contributed by atoms with Crippen molar-refractivity contribution >= 4 is 6.29 Å². The van der Waals surface area contributed by atoms with E-state index in [2.05, 4.69) is 0 Å². The molecule has 0 saturated carbocycles. The molecule has 14 heavy (non-hydrogen) atoms. The third-order valence-electron chi connectivity index (χ3n) is 2.25. The van der Waals surface area contributed by atoms with Crippen LogP contribution in [0.25, 0.3) is 11.1 Å². The molecule has 0 spiro atoms. The van der Waals surface area contributed by atoms with Gasteiger partial charge in [0.25, 0.3) is 0 Å². The summed E-state index contributed by atoms with van der Waals surface area (Å²) in [7, 11) is 0. The summed E-state index contributed by atoms with van der Waals surface area (Å²) in [6.07, 6.45) is 4.20. The Morgan fingerprint density at radius 3 is 2.64 bits per heavy atom. The number of carbonyl (C=O) groups is 1. The van der Waals surface area contributed by atoms with E-state index in [4.69, 9.17) is 4.42 Å². The summed E-state index contributed by atoms with van der Waals surface area (Å²) in [5.74, 6) is 0. The molecule has 0 bridgehead atoms. The van der Waals surface area contributed by atoms with Crippen LogP contribution in [0.2, 0.25) is 0 Å². The predicted octanol–water partition coefficient (Wildman–Crippen LogP) is 3.07. The maximum Gasteiger partial charge on any atom is 0.150 e. The van der Waals surface area contributed by atoms with Gasteiger partial charge >= 0.3 is 0 Å².